The third-order valence-corrected chi connectivity index (χ3v) is 2.51. The van der Waals surface area contributed by atoms with Crippen LogP contribution in [-0.4, -0.2) is 21.6 Å². The number of aromatic nitrogens is 1. The van der Waals surface area contributed by atoms with Crippen LogP contribution >= 0.6 is 0 Å². The van der Waals surface area contributed by atoms with Gasteiger partial charge in [-0.15, -0.1) is 0 Å². The Balaban J connectivity index is 2.73. The van der Waals surface area contributed by atoms with Crippen molar-refractivity contribution in [3.05, 3.63) is 40.1 Å². The summed E-state index contributed by atoms with van der Waals surface area (Å²) in [5.41, 5.74) is 6.91. The van der Waals surface area contributed by atoms with Crippen molar-refractivity contribution in [1.29, 1.82) is 0 Å². The molecule has 16 heavy (non-hydrogen) atoms. The van der Waals surface area contributed by atoms with Crippen LogP contribution in [0.4, 0.5) is 5.69 Å². The van der Waals surface area contributed by atoms with E-state index in [1.165, 1.54) is 6.20 Å². The number of aromatic amines is 1. The van der Waals surface area contributed by atoms with Gasteiger partial charge in [0.15, 0.2) is 0 Å². The molecule has 0 aliphatic carbocycles. The molecule has 1 unspecified atom stereocenters. The Labute approximate surface area is 90.8 Å². The molecule has 0 saturated heterocycles. The van der Waals surface area contributed by atoms with Gasteiger partial charge in [-0.3, -0.25) is 10.1 Å². The number of aliphatic hydroxyl groups excluding tert-OH is 1. The van der Waals surface area contributed by atoms with E-state index in [1.807, 2.05) is 0 Å². The van der Waals surface area contributed by atoms with Crippen molar-refractivity contribution in [2.24, 2.45) is 5.73 Å². The van der Waals surface area contributed by atoms with Gasteiger partial charge in [0, 0.05) is 0 Å². The van der Waals surface area contributed by atoms with Gasteiger partial charge in [0.05, 0.1) is 34.7 Å². The lowest BCUT2D eigenvalue weighted by molar-refractivity contribution is -0.383. The highest BCUT2D eigenvalue weighted by atomic mass is 16.6. The molecule has 1 aromatic heterocycles. The molecule has 1 atom stereocenters. The molecule has 0 aliphatic heterocycles. The number of hydrogen-bond donors (Lipinski definition) is 3. The minimum atomic E-state index is -0.613. The Bertz CT molecular complexity index is 535. The zero-order chi connectivity index (χ0) is 11.7. The Morgan fingerprint density at radius 1 is 1.56 bits per heavy atom. The van der Waals surface area contributed by atoms with Crippen molar-refractivity contribution in [3.8, 4) is 0 Å². The van der Waals surface area contributed by atoms with Crippen LogP contribution in [0.2, 0.25) is 0 Å². The molecule has 1 aromatic carbocycles. The third-order valence-electron chi connectivity index (χ3n) is 2.51. The number of H-pyrrole nitrogens is 1. The fourth-order valence-corrected chi connectivity index (χ4v) is 1.75. The first-order valence-electron chi connectivity index (χ1n) is 4.76. The van der Waals surface area contributed by atoms with E-state index < -0.39 is 11.0 Å². The summed E-state index contributed by atoms with van der Waals surface area (Å²) < 4.78 is 0. The van der Waals surface area contributed by atoms with Gasteiger partial charge in [0.2, 0.25) is 0 Å². The van der Waals surface area contributed by atoms with Crippen LogP contribution in [0.1, 0.15) is 11.6 Å². The normalized spacial score (nSPS) is 12.9. The molecule has 0 bridgehead atoms. The van der Waals surface area contributed by atoms with E-state index >= 15 is 0 Å². The molecule has 1 heterocycles. The van der Waals surface area contributed by atoms with Gasteiger partial charge < -0.3 is 15.8 Å². The second kappa shape index (κ2) is 3.92. The second-order valence-corrected chi connectivity index (χ2v) is 3.49. The van der Waals surface area contributed by atoms with E-state index in [4.69, 9.17) is 10.8 Å². The highest BCUT2D eigenvalue weighted by Gasteiger charge is 2.19. The highest BCUT2D eigenvalue weighted by molar-refractivity contribution is 5.92. The molecule has 2 rings (SSSR count). The summed E-state index contributed by atoms with van der Waals surface area (Å²) in [5.74, 6) is 0. The highest BCUT2D eigenvalue weighted by Crippen LogP contribution is 2.31. The predicted octanol–water partition coefficient (Wildman–Crippen LogP) is 1.07. The topological polar surface area (TPSA) is 105 Å². The predicted molar refractivity (Wildman–Crippen MR) is 59.0 cm³/mol. The maximum atomic E-state index is 10.8. The minimum Gasteiger partial charge on any atom is -0.394 e. The van der Waals surface area contributed by atoms with Gasteiger partial charge in [-0.2, -0.15) is 0 Å². The monoisotopic (exact) mass is 221 g/mol. The summed E-state index contributed by atoms with van der Waals surface area (Å²) in [6, 6.07) is 4.55. The molecule has 0 amide bonds. The number of nitrogens with one attached hydrogen (secondary N) is 1. The lowest BCUT2D eigenvalue weighted by Gasteiger charge is -2.09. The quantitative estimate of drug-likeness (QED) is 0.532. The van der Waals surface area contributed by atoms with E-state index in [2.05, 4.69) is 4.98 Å². The molecule has 2 aromatic rings. The number of aliphatic hydroxyl groups is 1. The molecule has 0 aliphatic rings. The van der Waals surface area contributed by atoms with Crippen molar-refractivity contribution < 1.29 is 10.0 Å². The van der Waals surface area contributed by atoms with Crippen LogP contribution in [0.3, 0.4) is 0 Å². The van der Waals surface area contributed by atoms with E-state index in [1.54, 1.807) is 18.2 Å². The summed E-state index contributed by atoms with van der Waals surface area (Å²) in [6.07, 6.45) is 1.33. The molecule has 0 fully saturated rings. The summed E-state index contributed by atoms with van der Waals surface area (Å²) in [4.78, 5) is 13.2. The number of nitrogens with zero attached hydrogens (tertiary/aromatic N) is 1. The largest absolute Gasteiger partial charge is 0.394 e. The zero-order valence-corrected chi connectivity index (χ0v) is 8.38. The Hall–Kier alpha value is -1.92. The van der Waals surface area contributed by atoms with E-state index in [9.17, 15) is 10.1 Å². The number of nitro groups is 1. The van der Waals surface area contributed by atoms with E-state index in [0.29, 0.717) is 16.5 Å². The lowest BCUT2D eigenvalue weighted by atomic mass is 10.0. The fourth-order valence-electron chi connectivity index (χ4n) is 1.75. The number of nitrogens with two attached hydrogens (primary N) is 1. The van der Waals surface area contributed by atoms with Crippen molar-refractivity contribution in [3.63, 3.8) is 0 Å². The van der Waals surface area contributed by atoms with Crippen LogP contribution in [0.5, 0.6) is 0 Å². The van der Waals surface area contributed by atoms with Gasteiger partial charge in [-0.05, 0) is 11.6 Å². The Morgan fingerprint density at radius 2 is 2.31 bits per heavy atom. The average Bonchev–Trinajstić information content (AvgIpc) is 2.71. The van der Waals surface area contributed by atoms with E-state index in [-0.39, 0.29) is 12.3 Å². The van der Waals surface area contributed by atoms with Crippen molar-refractivity contribution in [2.75, 3.05) is 6.61 Å². The van der Waals surface area contributed by atoms with Crippen LogP contribution < -0.4 is 5.73 Å². The number of fused-ring (bicyclic) bond motifs is 1. The van der Waals surface area contributed by atoms with Gasteiger partial charge >= 0.3 is 0 Å². The molecule has 84 valence electrons. The van der Waals surface area contributed by atoms with Crippen LogP contribution in [0.15, 0.2) is 24.4 Å². The molecule has 4 N–H and O–H groups in total. The van der Waals surface area contributed by atoms with Crippen molar-refractivity contribution >= 4 is 16.6 Å². The van der Waals surface area contributed by atoms with Crippen LogP contribution in [0, 0.1) is 10.1 Å². The smallest absolute Gasteiger partial charge is 0.294 e. The lowest BCUT2D eigenvalue weighted by Crippen LogP contribution is -2.14. The Kier molecular flexibility index (Phi) is 2.59. The first kappa shape index (κ1) is 10.6. The fraction of sp³-hybridized carbons (Fsp3) is 0.200. The first-order valence-corrected chi connectivity index (χ1v) is 4.76. The Morgan fingerprint density at radius 3 is 2.94 bits per heavy atom. The average molecular weight is 221 g/mol. The van der Waals surface area contributed by atoms with E-state index in [0.717, 1.165) is 0 Å². The molecular weight excluding hydrogens is 210 g/mol. The first-order chi connectivity index (χ1) is 7.65. The van der Waals surface area contributed by atoms with Crippen LogP contribution in [-0.2, 0) is 0 Å². The molecule has 0 spiro atoms. The van der Waals surface area contributed by atoms with Gasteiger partial charge in [-0.25, -0.2) is 0 Å². The number of rotatable bonds is 3. The molecule has 0 saturated carbocycles. The van der Waals surface area contributed by atoms with Crippen molar-refractivity contribution in [1.82, 2.24) is 4.98 Å². The summed E-state index contributed by atoms with van der Waals surface area (Å²) in [7, 11) is 0. The second-order valence-electron chi connectivity index (χ2n) is 3.49. The third kappa shape index (κ3) is 1.54. The maximum Gasteiger partial charge on any atom is 0.294 e. The maximum absolute atomic E-state index is 10.8. The van der Waals surface area contributed by atoms with Gasteiger partial charge in [0.25, 0.3) is 5.69 Å². The number of benzene rings is 1. The summed E-state index contributed by atoms with van der Waals surface area (Å²) >= 11 is 0. The standard InChI is InChI=1S/C10H11N3O3/c11-7(5-14)6-2-1-3-8-10(6)9(4-12-8)13(15)16/h1-4,7,12,14H,5,11H2. The minimum absolute atomic E-state index is 0.0190. The number of hydrogen-bond acceptors (Lipinski definition) is 4. The molecular formula is C10H11N3O3. The molecule has 0 radical (unpaired) electrons. The van der Waals surface area contributed by atoms with Gasteiger partial charge in [-0.1, -0.05) is 12.1 Å². The SMILES string of the molecule is NC(CO)c1cccc2[nH]cc([N+](=O)[O-])c12. The zero-order valence-electron chi connectivity index (χ0n) is 8.38. The van der Waals surface area contributed by atoms with Gasteiger partial charge in [0.1, 0.15) is 0 Å². The van der Waals surface area contributed by atoms with Crippen LogP contribution in [0.25, 0.3) is 10.9 Å². The molecule has 6 nitrogen and oxygen atoms in total. The molecule has 6 heteroatoms. The summed E-state index contributed by atoms with van der Waals surface area (Å²) in [6.45, 7) is -0.249. The van der Waals surface area contributed by atoms with Crippen molar-refractivity contribution in [2.45, 2.75) is 6.04 Å². The summed E-state index contributed by atoms with van der Waals surface area (Å²) in [5, 5.41) is 20.3.